The van der Waals surface area contributed by atoms with Crippen LogP contribution in [-0.4, -0.2) is 17.1 Å². The highest BCUT2D eigenvalue weighted by molar-refractivity contribution is 5.72. The van der Waals surface area contributed by atoms with E-state index in [9.17, 15) is 4.79 Å². The standard InChI is InChI=1S/C19H29NO2/c1-13(2)18(20-14(3)19(21)22)17-11-9-16(10-12-17)15-7-5-4-6-8-15/h9-15,18,20H,4-8H2,1-3H3,(H,21,22). The van der Waals surface area contributed by atoms with E-state index in [-0.39, 0.29) is 6.04 Å². The van der Waals surface area contributed by atoms with E-state index in [4.69, 9.17) is 5.11 Å². The first-order valence-corrected chi connectivity index (χ1v) is 8.57. The second-order valence-corrected chi connectivity index (χ2v) is 6.95. The Balaban J connectivity index is 2.09. The number of carboxylic acid groups (broad SMARTS) is 1. The molecule has 1 aliphatic carbocycles. The van der Waals surface area contributed by atoms with Crippen molar-refractivity contribution in [3.8, 4) is 0 Å². The van der Waals surface area contributed by atoms with Crippen LogP contribution in [0, 0.1) is 5.92 Å². The smallest absolute Gasteiger partial charge is 0.320 e. The molecule has 1 aromatic carbocycles. The van der Waals surface area contributed by atoms with Crippen LogP contribution < -0.4 is 5.32 Å². The Hall–Kier alpha value is -1.35. The van der Waals surface area contributed by atoms with Crippen LogP contribution in [0.15, 0.2) is 24.3 Å². The van der Waals surface area contributed by atoms with E-state index in [0.717, 1.165) is 0 Å². The SMILES string of the molecule is CC(NC(c1ccc(C2CCCCC2)cc1)C(C)C)C(=O)O. The molecule has 0 heterocycles. The van der Waals surface area contributed by atoms with Crippen LogP contribution in [0.4, 0.5) is 0 Å². The van der Waals surface area contributed by atoms with Crippen LogP contribution in [0.2, 0.25) is 0 Å². The summed E-state index contributed by atoms with van der Waals surface area (Å²) in [4.78, 5) is 11.1. The van der Waals surface area contributed by atoms with Crippen molar-refractivity contribution in [2.75, 3.05) is 0 Å². The molecule has 1 aliphatic rings. The number of hydrogen-bond acceptors (Lipinski definition) is 2. The number of aliphatic carboxylic acids is 1. The average molecular weight is 303 g/mol. The van der Waals surface area contributed by atoms with E-state index in [1.807, 2.05) is 0 Å². The van der Waals surface area contributed by atoms with Gasteiger partial charge in [0, 0.05) is 6.04 Å². The Morgan fingerprint density at radius 3 is 2.18 bits per heavy atom. The lowest BCUT2D eigenvalue weighted by Crippen LogP contribution is -2.38. The lowest BCUT2D eigenvalue weighted by atomic mass is 9.83. The molecule has 0 amide bonds. The molecule has 22 heavy (non-hydrogen) atoms. The molecule has 1 aromatic rings. The van der Waals surface area contributed by atoms with E-state index in [2.05, 4.69) is 43.4 Å². The highest BCUT2D eigenvalue weighted by atomic mass is 16.4. The molecule has 1 fully saturated rings. The van der Waals surface area contributed by atoms with Crippen molar-refractivity contribution in [2.24, 2.45) is 5.92 Å². The summed E-state index contributed by atoms with van der Waals surface area (Å²) in [5.41, 5.74) is 2.62. The van der Waals surface area contributed by atoms with Crippen molar-refractivity contribution in [2.45, 2.75) is 70.9 Å². The highest BCUT2D eigenvalue weighted by Gasteiger charge is 2.22. The number of rotatable bonds is 6. The zero-order valence-electron chi connectivity index (χ0n) is 14.0. The summed E-state index contributed by atoms with van der Waals surface area (Å²) >= 11 is 0. The van der Waals surface area contributed by atoms with Gasteiger partial charge in [-0.3, -0.25) is 10.1 Å². The predicted molar refractivity (Wildman–Crippen MR) is 90.1 cm³/mol. The van der Waals surface area contributed by atoms with Gasteiger partial charge in [-0.25, -0.2) is 0 Å². The number of carboxylic acids is 1. The minimum absolute atomic E-state index is 0.0755. The van der Waals surface area contributed by atoms with Crippen molar-refractivity contribution < 1.29 is 9.90 Å². The van der Waals surface area contributed by atoms with Gasteiger partial charge in [0.15, 0.2) is 0 Å². The molecule has 0 bridgehead atoms. The van der Waals surface area contributed by atoms with E-state index in [1.165, 1.54) is 43.2 Å². The van der Waals surface area contributed by atoms with Crippen molar-refractivity contribution in [1.29, 1.82) is 0 Å². The van der Waals surface area contributed by atoms with Gasteiger partial charge in [0.25, 0.3) is 0 Å². The van der Waals surface area contributed by atoms with Crippen molar-refractivity contribution in [3.05, 3.63) is 35.4 Å². The summed E-state index contributed by atoms with van der Waals surface area (Å²) in [6.45, 7) is 5.96. The first kappa shape index (κ1) is 17.0. The second-order valence-electron chi connectivity index (χ2n) is 6.95. The molecule has 3 heteroatoms. The highest BCUT2D eigenvalue weighted by Crippen LogP contribution is 2.33. The molecule has 2 atom stereocenters. The van der Waals surface area contributed by atoms with E-state index < -0.39 is 12.0 Å². The molecule has 0 spiro atoms. The Bertz CT molecular complexity index is 475. The summed E-state index contributed by atoms with van der Waals surface area (Å²) in [7, 11) is 0. The topological polar surface area (TPSA) is 49.3 Å². The zero-order valence-corrected chi connectivity index (χ0v) is 14.0. The molecule has 0 saturated heterocycles. The first-order chi connectivity index (χ1) is 10.5. The third-order valence-corrected chi connectivity index (χ3v) is 4.84. The van der Waals surface area contributed by atoms with Gasteiger partial charge in [-0.15, -0.1) is 0 Å². The molecular weight excluding hydrogens is 274 g/mol. The molecule has 2 N–H and O–H groups in total. The molecule has 3 nitrogen and oxygen atoms in total. The normalized spacial score (nSPS) is 19.1. The monoisotopic (exact) mass is 303 g/mol. The number of hydrogen-bond donors (Lipinski definition) is 2. The molecule has 0 radical (unpaired) electrons. The van der Waals surface area contributed by atoms with Crippen LogP contribution in [0.5, 0.6) is 0 Å². The Morgan fingerprint density at radius 1 is 1.09 bits per heavy atom. The molecule has 2 unspecified atom stereocenters. The fraction of sp³-hybridized carbons (Fsp3) is 0.632. The molecular formula is C19H29NO2. The first-order valence-electron chi connectivity index (χ1n) is 8.57. The van der Waals surface area contributed by atoms with E-state index in [1.54, 1.807) is 6.92 Å². The van der Waals surface area contributed by atoms with Gasteiger partial charge in [0.05, 0.1) is 0 Å². The van der Waals surface area contributed by atoms with E-state index >= 15 is 0 Å². The van der Waals surface area contributed by atoms with Crippen molar-refractivity contribution in [1.82, 2.24) is 5.32 Å². The van der Waals surface area contributed by atoms with Crippen molar-refractivity contribution in [3.63, 3.8) is 0 Å². The lowest BCUT2D eigenvalue weighted by molar-refractivity contribution is -0.139. The number of benzene rings is 1. The summed E-state index contributed by atoms with van der Waals surface area (Å²) < 4.78 is 0. The fourth-order valence-electron chi connectivity index (χ4n) is 3.43. The Morgan fingerprint density at radius 2 is 1.68 bits per heavy atom. The minimum atomic E-state index is -0.801. The average Bonchev–Trinajstić information content (AvgIpc) is 2.53. The van der Waals surface area contributed by atoms with Crippen molar-refractivity contribution >= 4 is 5.97 Å². The minimum Gasteiger partial charge on any atom is -0.480 e. The molecule has 0 aromatic heterocycles. The maximum absolute atomic E-state index is 11.1. The maximum atomic E-state index is 11.1. The Kier molecular flexibility index (Phi) is 6.01. The van der Waals surface area contributed by atoms with Gasteiger partial charge in [-0.05, 0) is 42.7 Å². The van der Waals surface area contributed by atoms with Gasteiger partial charge < -0.3 is 5.11 Å². The summed E-state index contributed by atoms with van der Waals surface area (Å²) in [6.07, 6.45) is 6.68. The third kappa shape index (κ3) is 4.33. The van der Waals surface area contributed by atoms with E-state index in [0.29, 0.717) is 11.8 Å². The van der Waals surface area contributed by atoms with Gasteiger partial charge >= 0.3 is 5.97 Å². The number of carbonyl (C=O) groups is 1. The second kappa shape index (κ2) is 7.77. The largest absolute Gasteiger partial charge is 0.480 e. The molecule has 122 valence electrons. The van der Waals surface area contributed by atoms with Crippen LogP contribution in [-0.2, 0) is 4.79 Å². The molecule has 0 aliphatic heterocycles. The van der Waals surface area contributed by atoms with Crippen LogP contribution in [0.3, 0.4) is 0 Å². The molecule has 2 rings (SSSR count). The third-order valence-electron chi connectivity index (χ3n) is 4.84. The fourth-order valence-corrected chi connectivity index (χ4v) is 3.43. The van der Waals surface area contributed by atoms with Gasteiger partial charge in [0.2, 0.25) is 0 Å². The summed E-state index contributed by atoms with van der Waals surface area (Å²) in [5.74, 6) is 0.262. The zero-order chi connectivity index (χ0) is 16.1. The summed E-state index contributed by atoms with van der Waals surface area (Å²) in [6, 6.07) is 8.38. The van der Waals surface area contributed by atoms with Crippen LogP contribution >= 0.6 is 0 Å². The van der Waals surface area contributed by atoms with Gasteiger partial charge in [-0.2, -0.15) is 0 Å². The summed E-state index contributed by atoms with van der Waals surface area (Å²) in [5, 5.41) is 12.3. The van der Waals surface area contributed by atoms with Crippen LogP contribution in [0.1, 0.15) is 76.0 Å². The maximum Gasteiger partial charge on any atom is 0.320 e. The predicted octanol–water partition coefficient (Wildman–Crippen LogP) is 4.49. The quantitative estimate of drug-likeness (QED) is 0.814. The van der Waals surface area contributed by atoms with Gasteiger partial charge in [-0.1, -0.05) is 57.4 Å². The number of nitrogens with one attached hydrogen (secondary N) is 1. The van der Waals surface area contributed by atoms with Crippen LogP contribution in [0.25, 0.3) is 0 Å². The van der Waals surface area contributed by atoms with Gasteiger partial charge in [0.1, 0.15) is 6.04 Å². The molecule has 1 saturated carbocycles. The lowest BCUT2D eigenvalue weighted by Gasteiger charge is -2.26. The Labute approximate surface area is 134 Å².